The molecule has 0 amide bonds. The quantitative estimate of drug-likeness (QED) is 0.217. The van der Waals surface area contributed by atoms with Gasteiger partial charge in [-0.25, -0.2) is 0 Å². The third-order valence-corrected chi connectivity index (χ3v) is 16.1. The molecule has 4 saturated carbocycles. The first-order chi connectivity index (χ1) is 18.0. The molecule has 0 aromatic rings. The van der Waals surface area contributed by atoms with E-state index in [1.165, 1.54) is 161 Å². The van der Waals surface area contributed by atoms with Gasteiger partial charge >= 0.3 is 8.56 Å². The molecule has 0 saturated heterocycles. The SMILES string of the molecule is CC(C)O[Si](OC(C)(CC1CCCCCC1)C1CCCCCC1)(C1CCCCCC1)C1CCCCCC1. The van der Waals surface area contributed by atoms with Crippen molar-refractivity contribution in [3.8, 4) is 0 Å². The van der Waals surface area contributed by atoms with Crippen LogP contribution < -0.4 is 0 Å². The van der Waals surface area contributed by atoms with Crippen LogP contribution in [0.2, 0.25) is 11.1 Å². The van der Waals surface area contributed by atoms with Crippen molar-refractivity contribution in [2.45, 2.75) is 204 Å². The summed E-state index contributed by atoms with van der Waals surface area (Å²) >= 11 is 0. The third kappa shape index (κ3) is 8.56. The van der Waals surface area contributed by atoms with Gasteiger partial charge in [0.05, 0.1) is 5.60 Å². The lowest BCUT2D eigenvalue weighted by molar-refractivity contribution is -0.0518. The van der Waals surface area contributed by atoms with Crippen LogP contribution in [0, 0.1) is 11.8 Å². The molecule has 1 unspecified atom stereocenters. The first-order valence-electron chi connectivity index (χ1n) is 17.4. The van der Waals surface area contributed by atoms with Gasteiger partial charge in [-0.05, 0) is 77.6 Å². The molecular weight excluding hydrogens is 468 g/mol. The minimum atomic E-state index is -2.45. The summed E-state index contributed by atoms with van der Waals surface area (Å²) in [5.41, 5.74) is 1.43. The standard InChI is InChI=1S/C34H64O2Si/c1-29(2)35-37(32-24-16-8-9-17-25-32,33-26-18-10-11-19-27-33)36-34(3,31-22-14-6-7-15-23-31)28-30-20-12-4-5-13-21-30/h29-33H,4-28H2,1-3H3. The van der Waals surface area contributed by atoms with Gasteiger partial charge in [0.25, 0.3) is 0 Å². The molecule has 0 N–H and O–H groups in total. The van der Waals surface area contributed by atoms with Crippen LogP contribution in [0.25, 0.3) is 0 Å². The molecule has 0 heterocycles. The van der Waals surface area contributed by atoms with E-state index >= 15 is 0 Å². The largest absolute Gasteiger partial charge is 0.391 e. The molecule has 2 nitrogen and oxygen atoms in total. The Bertz CT molecular complexity index is 583. The van der Waals surface area contributed by atoms with Crippen LogP contribution in [0.1, 0.15) is 181 Å². The van der Waals surface area contributed by atoms with Crippen LogP contribution in [0.15, 0.2) is 0 Å². The number of rotatable bonds is 9. The minimum Gasteiger partial charge on any atom is -0.391 e. The molecule has 216 valence electrons. The smallest absolute Gasteiger partial charge is 0.345 e. The molecule has 0 spiro atoms. The van der Waals surface area contributed by atoms with Crippen LogP contribution >= 0.6 is 0 Å². The highest BCUT2D eigenvalue weighted by Gasteiger charge is 2.57. The molecule has 0 aliphatic heterocycles. The highest BCUT2D eigenvalue weighted by molar-refractivity contribution is 6.70. The fraction of sp³-hybridized carbons (Fsp3) is 1.00. The van der Waals surface area contributed by atoms with Crippen molar-refractivity contribution in [1.29, 1.82) is 0 Å². The Morgan fingerprint density at radius 2 is 0.946 bits per heavy atom. The Hall–Kier alpha value is 0.137. The van der Waals surface area contributed by atoms with Gasteiger partial charge < -0.3 is 8.85 Å². The fourth-order valence-electron chi connectivity index (χ4n) is 9.14. The van der Waals surface area contributed by atoms with Crippen LogP contribution in [0.5, 0.6) is 0 Å². The summed E-state index contributed by atoms with van der Waals surface area (Å²) in [6.45, 7) is 7.28. The molecule has 4 rings (SSSR count). The number of hydrogen-bond donors (Lipinski definition) is 0. The Balaban J connectivity index is 1.72. The second kappa shape index (κ2) is 15.2. The molecule has 0 aromatic carbocycles. The summed E-state index contributed by atoms with van der Waals surface area (Å²) in [4.78, 5) is 0. The van der Waals surface area contributed by atoms with Gasteiger partial charge in [0.1, 0.15) is 0 Å². The molecule has 4 aliphatic carbocycles. The molecule has 4 aliphatic rings. The maximum atomic E-state index is 8.18. The molecule has 0 aromatic heterocycles. The van der Waals surface area contributed by atoms with E-state index in [1.54, 1.807) is 0 Å². The van der Waals surface area contributed by atoms with Crippen LogP contribution in [-0.4, -0.2) is 20.3 Å². The summed E-state index contributed by atoms with van der Waals surface area (Å²) in [7, 11) is -2.45. The van der Waals surface area contributed by atoms with Crippen molar-refractivity contribution in [2.24, 2.45) is 11.8 Å². The summed E-state index contributed by atoms with van der Waals surface area (Å²) in [6, 6.07) is 0. The lowest BCUT2D eigenvalue weighted by Crippen LogP contribution is -2.59. The lowest BCUT2D eigenvalue weighted by atomic mass is 9.76. The van der Waals surface area contributed by atoms with E-state index < -0.39 is 8.56 Å². The van der Waals surface area contributed by atoms with Crippen LogP contribution in [-0.2, 0) is 8.85 Å². The topological polar surface area (TPSA) is 18.5 Å². The van der Waals surface area contributed by atoms with E-state index in [9.17, 15) is 0 Å². The lowest BCUT2D eigenvalue weighted by Gasteiger charge is -2.52. The van der Waals surface area contributed by atoms with E-state index in [4.69, 9.17) is 8.85 Å². The first kappa shape index (κ1) is 30.1. The average molecular weight is 533 g/mol. The summed E-state index contributed by atoms with van der Waals surface area (Å²) in [6.07, 6.45) is 35.6. The van der Waals surface area contributed by atoms with E-state index in [0.29, 0.717) is 11.1 Å². The highest BCUT2D eigenvalue weighted by Crippen LogP contribution is 2.53. The van der Waals surface area contributed by atoms with E-state index in [0.717, 1.165) is 11.8 Å². The normalized spacial score (nSPS) is 27.2. The van der Waals surface area contributed by atoms with Gasteiger partial charge in [0, 0.05) is 17.2 Å². The summed E-state index contributed by atoms with van der Waals surface area (Å²) < 4.78 is 15.7. The molecule has 0 radical (unpaired) electrons. The molecule has 0 bridgehead atoms. The predicted molar refractivity (Wildman–Crippen MR) is 161 cm³/mol. The van der Waals surface area contributed by atoms with E-state index in [1.807, 2.05) is 0 Å². The van der Waals surface area contributed by atoms with Crippen molar-refractivity contribution in [1.82, 2.24) is 0 Å². The van der Waals surface area contributed by atoms with Crippen molar-refractivity contribution in [2.75, 3.05) is 0 Å². The van der Waals surface area contributed by atoms with Crippen molar-refractivity contribution in [3.05, 3.63) is 0 Å². The predicted octanol–water partition coefficient (Wildman–Crippen LogP) is 11.4. The van der Waals surface area contributed by atoms with Gasteiger partial charge in [-0.3, -0.25) is 0 Å². The van der Waals surface area contributed by atoms with Crippen LogP contribution in [0.3, 0.4) is 0 Å². The highest BCUT2D eigenvalue weighted by atomic mass is 28.4. The number of hydrogen-bond acceptors (Lipinski definition) is 2. The third-order valence-electron chi connectivity index (χ3n) is 11.0. The molecular formula is C34H64O2Si. The van der Waals surface area contributed by atoms with Gasteiger partial charge in [-0.2, -0.15) is 0 Å². The Morgan fingerprint density at radius 1 is 0.568 bits per heavy atom. The summed E-state index contributed by atoms with van der Waals surface area (Å²) in [5.74, 6) is 1.60. The molecule has 4 fully saturated rings. The Morgan fingerprint density at radius 3 is 1.35 bits per heavy atom. The second-order valence-corrected chi connectivity index (χ2v) is 17.9. The minimum absolute atomic E-state index is 0.0130. The second-order valence-electron chi connectivity index (χ2n) is 14.4. The zero-order chi connectivity index (χ0) is 26.0. The first-order valence-corrected chi connectivity index (χ1v) is 19.4. The Kier molecular flexibility index (Phi) is 12.4. The molecule has 3 heteroatoms. The zero-order valence-corrected chi connectivity index (χ0v) is 26.4. The van der Waals surface area contributed by atoms with Gasteiger partial charge in [0.15, 0.2) is 0 Å². The average Bonchev–Trinajstić information content (AvgIpc) is 3.48. The summed E-state index contributed by atoms with van der Waals surface area (Å²) in [5, 5.41) is 0. The van der Waals surface area contributed by atoms with Crippen molar-refractivity contribution < 1.29 is 8.85 Å². The zero-order valence-electron chi connectivity index (χ0n) is 25.4. The maximum absolute atomic E-state index is 8.18. The van der Waals surface area contributed by atoms with Gasteiger partial charge in [-0.1, -0.05) is 116 Å². The Labute approximate surface area is 233 Å². The van der Waals surface area contributed by atoms with Crippen LogP contribution in [0.4, 0.5) is 0 Å². The van der Waals surface area contributed by atoms with E-state index in [-0.39, 0.29) is 11.7 Å². The monoisotopic (exact) mass is 532 g/mol. The molecule has 1 atom stereocenters. The van der Waals surface area contributed by atoms with Gasteiger partial charge in [0.2, 0.25) is 0 Å². The maximum Gasteiger partial charge on any atom is 0.345 e. The van der Waals surface area contributed by atoms with Crippen molar-refractivity contribution >= 4 is 8.56 Å². The fourth-order valence-corrected chi connectivity index (χ4v) is 14.7. The van der Waals surface area contributed by atoms with E-state index in [2.05, 4.69) is 20.8 Å². The molecule has 37 heavy (non-hydrogen) atoms. The van der Waals surface area contributed by atoms with Gasteiger partial charge in [-0.15, -0.1) is 0 Å². The van der Waals surface area contributed by atoms with Crippen molar-refractivity contribution in [3.63, 3.8) is 0 Å².